The molecule has 0 fully saturated rings. The monoisotopic (exact) mass is 201 g/mol. The van der Waals surface area contributed by atoms with E-state index in [1.54, 1.807) is 0 Å². The van der Waals surface area contributed by atoms with Crippen molar-refractivity contribution in [2.24, 2.45) is 5.73 Å². The van der Waals surface area contributed by atoms with Crippen molar-refractivity contribution in [2.45, 2.75) is 39.2 Å². The van der Waals surface area contributed by atoms with Crippen LogP contribution in [0.3, 0.4) is 0 Å². The van der Waals surface area contributed by atoms with Crippen LogP contribution >= 0.6 is 0 Å². The zero-order chi connectivity index (χ0) is 11.1. The van der Waals surface area contributed by atoms with E-state index in [2.05, 4.69) is 45.0 Å². The molecule has 1 heteroatoms. The number of hydrogen-bond donors (Lipinski definition) is 1. The van der Waals surface area contributed by atoms with Gasteiger partial charge < -0.3 is 5.73 Å². The quantitative estimate of drug-likeness (QED) is 0.742. The molecule has 0 unspecified atom stereocenters. The van der Waals surface area contributed by atoms with E-state index < -0.39 is 0 Å². The Hall–Kier alpha value is -1.08. The first-order chi connectivity index (χ1) is 6.98. The van der Waals surface area contributed by atoms with Gasteiger partial charge in [-0.25, -0.2) is 0 Å². The Kier molecular flexibility index (Phi) is 2.43. The Balaban J connectivity index is 2.54. The van der Waals surface area contributed by atoms with Crippen LogP contribution in [-0.2, 0) is 6.42 Å². The number of rotatable bonds is 1. The van der Waals surface area contributed by atoms with Crippen LogP contribution in [0.25, 0.3) is 5.57 Å². The predicted octanol–water partition coefficient (Wildman–Crippen LogP) is 3.06. The fraction of sp³-hybridized carbons (Fsp3) is 0.429. The van der Waals surface area contributed by atoms with Crippen molar-refractivity contribution in [3.63, 3.8) is 0 Å². The Labute approximate surface area is 92.0 Å². The minimum absolute atomic E-state index is 0.233. The van der Waals surface area contributed by atoms with Gasteiger partial charge >= 0.3 is 0 Å². The summed E-state index contributed by atoms with van der Waals surface area (Å²) in [4.78, 5) is 0. The lowest BCUT2D eigenvalue weighted by molar-refractivity contribution is 0.667. The smallest absolute Gasteiger partial charge is 0.0355 e. The molecule has 1 nitrogen and oxygen atoms in total. The van der Waals surface area contributed by atoms with Crippen LogP contribution in [0.2, 0.25) is 0 Å². The summed E-state index contributed by atoms with van der Waals surface area (Å²) in [6.07, 6.45) is 4.56. The maximum Gasteiger partial charge on any atom is 0.0355 e. The van der Waals surface area contributed by atoms with E-state index in [-0.39, 0.29) is 5.54 Å². The van der Waals surface area contributed by atoms with Crippen molar-refractivity contribution in [1.29, 1.82) is 0 Å². The number of nitrogens with two attached hydrogens (primary N) is 1. The summed E-state index contributed by atoms with van der Waals surface area (Å²) in [6, 6.07) is 6.68. The van der Waals surface area contributed by atoms with Crippen molar-refractivity contribution in [2.75, 3.05) is 0 Å². The van der Waals surface area contributed by atoms with Gasteiger partial charge in [-0.1, -0.05) is 29.8 Å². The van der Waals surface area contributed by atoms with Crippen LogP contribution in [0.1, 0.15) is 37.0 Å². The summed E-state index contributed by atoms with van der Waals surface area (Å²) in [5.41, 5.74) is 11.4. The van der Waals surface area contributed by atoms with E-state index >= 15 is 0 Å². The van der Waals surface area contributed by atoms with E-state index in [1.807, 2.05) is 0 Å². The van der Waals surface area contributed by atoms with Crippen molar-refractivity contribution in [3.8, 4) is 0 Å². The Bertz CT molecular complexity index is 408. The molecule has 1 aliphatic carbocycles. The van der Waals surface area contributed by atoms with Crippen molar-refractivity contribution in [3.05, 3.63) is 41.0 Å². The lowest BCUT2D eigenvalue weighted by Gasteiger charge is -2.28. The molecule has 1 aromatic rings. The molecule has 80 valence electrons. The third-order valence-electron chi connectivity index (χ3n) is 3.01. The van der Waals surface area contributed by atoms with Crippen molar-refractivity contribution >= 4 is 5.57 Å². The Morgan fingerprint density at radius 2 is 2.00 bits per heavy atom. The molecule has 0 aliphatic heterocycles. The molecular weight excluding hydrogens is 182 g/mol. The summed E-state index contributed by atoms with van der Waals surface area (Å²) < 4.78 is 0. The molecule has 0 heterocycles. The fourth-order valence-electron chi connectivity index (χ4n) is 2.25. The maximum absolute atomic E-state index is 6.21. The molecule has 0 saturated carbocycles. The van der Waals surface area contributed by atoms with E-state index in [4.69, 9.17) is 5.73 Å². The second kappa shape index (κ2) is 3.49. The first-order valence-electron chi connectivity index (χ1n) is 5.58. The van der Waals surface area contributed by atoms with Gasteiger partial charge in [-0.2, -0.15) is 0 Å². The van der Waals surface area contributed by atoms with Crippen LogP contribution in [0.5, 0.6) is 0 Å². The van der Waals surface area contributed by atoms with E-state index in [0.29, 0.717) is 0 Å². The molecule has 15 heavy (non-hydrogen) atoms. The van der Waals surface area contributed by atoms with Gasteiger partial charge in [0, 0.05) is 5.54 Å². The molecule has 1 aromatic carbocycles. The van der Waals surface area contributed by atoms with Gasteiger partial charge in [-0.05, 0) is 50.3 Å². The average Bonchev–Trinajstić information content (AvgIpc) is 2.15. The van der Waals surface area contributed by atoms with Gasteiger partial charge in [-0.3, -0.25) is 0 Å². The molecule has 0 aromatic heterocycles. The number of benzene rings is 1. The molecule has 0 atom stereocenters. The molecule has 0 bridgehead atoms. The molecule has 1 aliphatic rings. The van der Waals surface area contributed by atoms with Gasteiger partial charge in [0.15, 0.2) is 0 Å². The van der Waals surface area contributed by atoms with E-state index in [0.717, 1.165) is 12.8 Å². The summed E-state index contributed by atoms with van der Waals surface area (Å²) in [5, 5.41) is 0. The highest BCUT2D eigenvalue weighted by molar-refractivity contribution is 5.76. The molecule has 2 rings (SSSR count). The largest absolute Gasteiger partial charge is 0.322 e. The number of fused-ring (bicyclic) bond motifs is 1. The lowest BCUT2D eigenvalue weighted by atomic mass is 9.81. The second-order valence-electron chi connectivity index (χ2n) is 5.04. The summed E-state index contributed by atoms with van der Waals surface area (Å²) in [7, 11) is 0. The number of allylic oxidation sites excluding steroid dienone is 1. The molecule has 0 spiro atoms. The van der Waals surface area contributed by atoms with Crippen LogP contribution in [-0.4, -0.2) is 5.54 Å². The standard InChI is InChI=1S/C14H19N/c1-10-7-8-11-5-4-6-13(12(11)9-10)14(2,3)15/h6-9H,4-5,15H2,1-3H3. The lowest BCUT2D eigenvalue weighted by Crippen LogP contribution is -2.34. The Morgan fingerprint density at radius 1 is 1.27 bits per heavy atom. The minimum atomic E-state index is -0.233. The minimum Gasteiger partial charge on any atom is -0.322 e. The summed E-state index contributed by atoms with van der Waals surface area (Å²) in [6.45, 7) is 6.29. The van der Waals surface area contributed by atoms with Gasteiger partial charge in [0.2, 0.25) is 0 Å². The highest BCUT2D eigenvalue weighted by Crippen LogP contribution is 2.33. The zero-order valence-corrected chi connectivity index (χ0v) is 9.80. The SMILES string of the molecule is Cc1ccc2c(c1)C(C(C)(C)N)=CCC2. The Morgan fingerprint density at radius 3 is 2.67 bits per heavy atom. The van der Waals surface area contributed by atoms with Gasteiger partial charge in [-0.15, -0.1) is 0 Å². The number of aryl methyl sites for hydroxylation is 2. The predicted molar refractivity (Wildman–Crippen MR) is 65.7 cm³/mol. The van der Waals surface area contributed by atoms with Crippen molar-refractivity contribution < 1.29 is 0 Å². The third kappa shape index (κ3) is 1.98. The second-order valence-corrected chi connectivity index (χ2v) is 5.04. The highest BCUT2D eigenvalue weighted by atomic mass is 14.7. The van der Waals surface area contributed by atoms with Gasteiger partial charge in [0.25, 0.3) is 0 Å². The van der Waals surface area contributed by atoms with Crippen LogP contribution in [0.15, 0.2) is 24.3 Å². The normalized spacial score (nSPS) is 15.9. The number of hydrogen-bond acceptors (Lipinski definition) is 1. The highest BCUT2D eigenvalue weighted by Gasteiger charge is 2.23. The molecule has 0 radical (unpaired) electrons. The van der Waals surface area contributed by atoms with E-state index in [9.17, 15) is 0 Å². The van der Waals surface area contributed by atoms with Crippen LogP contribution in [0, 0.1) is 6.92 Å². The van der Waals surface area contributed by atoms with E-state index in [1.165, 1.54) is 22.3 Å². The van der Waals surface area contributed by atoms with Crippen LogP contribution < -0.4 is 5.73 Å². The topological polar surface area (TPSA) is 26.0 Å². The molecule has 0 amide bonds. The zero-order valence-electron chi connectivity index (χ0n) is 9.80. The fourth-order valence-corrected chi connectivity index (χ4v) is 2.25. The summed E-state index contributed by atoms with van der Waals surface area (Å²) in [5.74, 6) is 0. The first-order valence-corrected chi connectivity index (χ1v) is 5.58. The molecule has 2 N–H and O–H groups in total. The maximum atomic E-state index is 6.21. The van der Waals surface area contributed by atoms with Gasteiger partial charge in [0.1, 0.15) is 0 Å². The van der Waals surface area contributed by atoms with Crippen molar-refractivity contribution in [1.82, 2.24) is 0 Å². The van der Waals surface area contributed by atoms with Gasteiger partial charge in [0.05, 0.1) is 0 Å². The first kappa shape index (κ1) is 10.4. The molecular formula is C14H19N. The third-order valence-corrected chi connectivity index (χ3v) is 3.01. The molecule has 0 saturated heterocycles. The summed E-state index contributed by atoms with van der Waals surface area (Å²) >= 11 is 0. The average molecular weight is 201 g/mol. The van der Waals surface area contributed by atoms with Crippen LogP contribution in [0.4, 0.5) is 0 Å².